The van der Waals surface area contributed by atoms with E-state index in [1.807, 2.05) is 25.1 Å². The van der Waals surface area contributed by atoms with Crippen LogP contribution in [0.2, 0.25) is 5.02 Å². The average molecular weight is 412 g/mol. The number of piperazine rings is 1. The molecule has 0 saturated carbocycles. The van der Waals surface area contributed by atoms with Gasteiger partial charge in [-0.2, -0.15) is 4.31 Å². The fourth-order valence-corrected chi connectivity index (χ4v) is 4.88. The number of carbonyl (C=O) groups is 1. The Morgan fingerprint density at radius 2 is 1.81 bits per heavy atom. The number of methoxy groups -OCH3 is 1. The second-order valence-corrected chi connectivity index (χ2v) is 8.86. The Kier molecular flexibility index (Phi) is 5.50. The number of halogens is 1. The lowest BCUT2D eigenvalue weighted by atomic mass is 10.1. The largest absolute Gasteiger partial charge is 0.464 e. The molecule has 0 amide bonds. The number of esters is 1. The van der Waals surface area contributed by atoms with Gasteiger partial charge in [0.15, 0.2) is 0 Å². The summed E-state index contributed by atoms with van der Waals surface area (Å²) >= 11 is 6.10. The number of aromatic nitrogens is 1. The van der Waals surface area contributed by atoms with Crippen LogP contribution in [0.25, 0.3) is 0 Å². The van der Waals surface area contributed by atoms with E-state index in [9.17, 15) is 13.2 Å². The predicted molar refractivity (Wildman–Crippen MR) is 104 cm³/mol. The Balaban J connectivity index is 1.77. The molecule has 27 heavy (non-hydrogen) atoms. The molecule has 3 rings (SSSR count). The van der Waals surface area contributed by atoms with Crippen LogP contribution in [0.1, 0.15) is 16.1 Å². The number of hydrogen-bond acceptors (Lipinski definition) is 5. The van der Waals surface area contributed by atoms with Crippen LogP contribution >= 0.6 is 11.6 Å². The van der Waals surface area contributed by atoms with Gasteiger partial charge in [-0.05, 0) is 30.7 Å². The number of sulfonamides is 1. The highest BCUT2D eigenvalue weighted by Gasteiger charge is 2.31. The van der Waals surface area contributed by atoms with Gasteiger partial charge in [0, 0.05) is 50.1 Å². The van der Waals surface area contributed by atoms with Crippen LogP contribution in [0.3, 0.4) is 0 Å². The van der Waals surface area contributed by atoms with Crippen molar-refractivity contribution < 1.29 is 17.9 Å². The van der Waals surface area contributed by atoms with Crippen molar-refractivity contribution in [1.82, 2.24) is 8.87 Å². The molecule has 0 atom stereocenters. The summed E-state index contributed by atoms with van der Waals surface area (Å²) < 4.78 is 33.5. The number of rotatable bonds is 4. The van der Waals surface area contributed by atoms with Crippen LogP contribution in [0.15, 0.2) is 35.4 Å². The molecule has 0 aliphatic carbocycles. The zero-order chi connectivity index (χ0) is 19.8. The minimum absolute atomic E-state index is 0.0952. The lowest BCUT2D eigenvalue weighted by molar-refractivity contribution is 0.0590. The molecule has 1 fully saturated rings. The number of benzene rings is 1. The highest BCUT2D eigenvalue weighted by Crippen LogP contribution is 2.27. The summed E-state index contributed by atoms with van der Waals surface area (Å²) in [6, 6.07) is 7.06. The molecule has 0 spiro atoms. The molecule has 0 unspecified atom stereocenters. The van der Waals surface area contributed by atoms with E-state index < -0.39 is 16.0 Å². The highest BCUT2D eigenvalue weighted by atomic mass is 35.5. The third-order valence-electron chi connectivity index (χ3n) is 4.76. The highest BCUT2D eigenvalue weighted by molar-refractivity contribution is 7.89. The SMILES string of the molecule is COC(=O)c1cc(S(=O)(=O)N2CCN(c3cc(Cl)ccc3C)CC2)cn1C. The molecular weight excluding hydrogens is 390 g/mol. The monoisotopic (exact) mass is 411 g/mol. The van der Waals surface area contributed by atoms with Gasteiger partial charge in [-0.15, -0.1) is 0 Å². The first-order chi connectivity index (χ1) is 12.7. The molecule has 2 heterocycles. The summed E-state index contributed by atoms with van der Waals surface area (Å²) in [4.78, 5) is 14.0. The van der Waals surface area contributed by atoms with Gasteiger partial charge in [-0.25, -0.2) is 13.2 Å². The lowest BCUT2D eigenvalue weighted by Gasteiger charge is -2.36. The maximum absolute atomic E-state index is 12.9. The van der Waals surface area contributed by atoms with E-state index in [-0.39, 0.29) is 10.6 Å². The molecule has 0 bridgehead atoms. The van der Waals surface area contributed by atoms with Crippen molar-refractivity contribution in [2.75, 3.05) is 38.2 Å². The van der Waals surface area contributed by atoms with Gasteiger partial charge in [0.1, 0.15) is 10.6 Å². The Bertz CT molecular complexity index is 963. The van der Waals surface area contributed by atoms with Gasteiger partial charge in [-0.3, -0.25) is 0 Å². The third-order valence-corrected chi connectivity index (χ3v) is 6.86. The fraction of sp³-hybridized carbons (Fsp3) is 0.389. The molecule has 1 saturated heterocycles. The Hall–Kier alpha value is -2.03. The number of hydrogen-bond donors (Lipinski definition) is 0. The van der Waals surface area contributed by atoms with Gasteiger partial charge >= 0.3 is 5.97 Å². The maximum Gasteiger partial charge on any atom is 0.354 e. The van der Waals surface area contributed by atoms with Crippen LogP contribution in [0, 0.1) is 6.92 Å². The minimum Gasteiger partial charge on any atom is -0.464 e. The van der Waals surface area contributed by atoms with E-state index in [4.69, 9.17) is 11.6 Å². The van der Waals surface area contributed by atoms with E-state index in [1.54, 1.807) is 7.05 Å². The minimum atomic E-state index is -3.68. The number of ether oxygens (including phenoxy) is 1. The molecule has 0 N–H and O–H groups in total. The summed E-state index contributed by atoms with van der Waals surface area (Å²) in [5, 5.41) is 0.658. The number of aryl methyl sites for hydroxylation is 2. The predicted octanol–water partition coefficient (Wildman–Crippen LogP) is 2.28. The fourth-order valence-electron chi connectivity index (χ4n) is 3.22. The number of nitrogens with zero attached hydrogens (tertiary/aromatic N) is 3. The number of carbonyl (C=O) groups excluding carboxylic acids is 1. The first kappa shape index (κ1) is 19.7. The van der Waals surface area contributed by atoms with E-state index in [0.29, 0.717) is 31.2 Å². The van der Waals surface area contributed by atoms with E-state index in [2.05, 4.69) is 9.64 Å². The van der Waals surface area contributed by atoms with Gasteiger partial charge in [0.2, 0.25) is 10.0 Å². The molecular formula is C18H22ClN3O4S. The second kappa shape index (κ2) is 7.53. The Morgan fingerprint density at radius 1 is 1.15 bits per heavy atom. The third kappa shape index (κ3) is 3.83. The molecule has 7 nitrogen and oxygen atoms in total. The van der Waals surface area contributed by atoms with E-state index in [0.717, 1.165) is 11.3 Å². The zero-order valence-electron chi connectivity index (χ0n) is 15.5. The summed E-state index contributed by atoms with van der Waals surface area (Å²) in [7, 11) is -0.797. The van der Waals surface area contributed by atoms with Crippen molar-refractivity contribution in [1.29, 1.82) is 0 Å². The quantitative estimate of drug-likeness (QED) is 0.722. The van der Waals surface area contributed by atoms with Crippen molar-refractivity contribution in [2.24, 2.45) is 7.05 Å². The molecule has 1 aliphatic rings. The van der Waals surface area contributed by atoms with Crippen molar-refractivity contribution in [2.45, 2.75) is 11.8 Å². The van der Waals surface area contributed by atoms with Crippen LogP contribution in [-0.2, 0) is 21.8 Å². The maximum atomic E-state index is 12.9. The number of anilines is 1. The lowest BCUT2D eigenvalue weighted by Crippen LogP contribution is -2.48. The Morgan fingerprint density at radius 3 is 2.44 bits per heavy atom. The van der Waals surface area contributed by atoms with Crippen molar-refractivity contribution in [3.8, 4) is 0 Å². The van der Waals surface area contributed by atoms with Crippen LogP contribution in [0.5, 0.6) is 0 Å². The van der Waals surface area contributed by atoms with E-state index in [1.165, 1.54) is 28.2 Å². The molecule has 2 aromatic rings. The molecule has 1 aliphatic heterocycles. The average Bonchev–Trinajstić information content (AvgIpc) is 3.06. The molecule has 0 radical (unpaired) electrons. The first-order valence-corrected chi connectivity index (χ1v) is 10.3. The topological polar surface area (TPSA) is 71.8 Å². The summed E-state index contributed by atoms with van der Waals surface area (Å²) in [5.74, 6) is -0.569. The van der Waals surface area contributed by atoms with Gasteiger partial charge in [0.05, 0.1) is 7.11 Å². The summed E-state index contributed by atoms with van der Waals surface area (Å²) in [6.45, 7) is 3.86. The summed E-state index contributed by atoms with van der Waals surface area (Å²) in [5.41, 5.74) is 2.32. The second-order valence-electron chi connectivity index (χ2n) is 6.49. The summed E-state index contributed by atoms with van der Waals surface area (Å²) in [6.07, 6.45) is 1.44. The first-order valence-electron chi connectivity index (χ1n) is 8.50. The van der Waals surface area contributed by atoms with Gasteiger partial charge in [0.25, 0.3) is 0 Å². The normalized spacial score (nSPS) is 15.8. The van der Waals surface area contributed by atoms with Crippen molar-refractivity contribution >= 4 is 33.3 Å². The zero-order valence-corrected chi connectivity index (χ0v) is 17.0. The van der Waals surface area contributed by atoms with Crippen LogP contribution in [0.4, 0.5) is 5.69 Å². The van der Waals surface area contributed by atoms with Gasteiger partial charge in [-0.1, -0.05) is 17.7 Å². The van der Waals surface area contributed by atoms with Gasteiger partial charge < -0.3 is 14.2 Å². The van der Waals surface area contributed by atoms with Crippen molar-refractivity contribution in [3.63, 3.8) is 0 Å². The molecule has 146 valence electrons. The molecule has 1 aromatic carbocycles. The molecule has 1 aromatic heterocycles. The standard InChI is InChI=1S/C18H22ClN3O4S/c1-13-4-5-14(19)10-16(13)21-6-8-22(9-7-21)27(24,25)15-11-17(18(23)26-3)20(2)12-15/h4-5,10-12H,6-9H2,1-3H3. The smallest absolute Gasteiger partial charge is 0.354 e. The van der Waals surface area contributed by atoms with E-state index >= 15 is 0 Å². The Labute approximate surface area is 164 Å². The van der Waals surface area contributed by atoms with Crippen LogP contribution in [-0.4, -0.2) is 56.5 Å². The van der Waals surface area contributed by atoms with Crippen molar-refractivity contribution in [3.05, 3.63) is 46.7 Å². The van der Waals surface area contributed by atoms with Crippen LogP contribution < -0.4 is 4.90 Å². The molecule has 9 heteroatoms.